The predicted molar refractivity (Wildman–Crippen MR) is 173 cm³/mol. The van der Waals surface area contributed by atoms with Crippen LogP contribution in [-0.2, 0) is 0 Å². The highest BCUT2D eigenvalue weighted by Gasteiger charge is 2.13. The molecule has 0 radical (unpaired) electrons. The fourth-order valence-corrected chi connectivity index (χ4v) is 4.78. The first kappa shape index (κ1) is 28.2. The number of nitrogens with one attached hydrogen (secondary N) is 6. The molecule has 2 aliphatic heterocycles. The smallest absolute Gasteiger partial charge is 0.323 e. The van der Waals surface area contributed by atoms with Gasteiger partial charge in [-0.05, 0) is 84.9 Å². The third-order valence-electron chi connectivity index (χ3n) is 6.95. The van der Waals surface area contributed by atoms with E-state index in [4.69, 9.17) is 0 Å². The van der Waals surface area contributed by atoms with Crippen molar-refractivity contribution in [3.63, 3.8) is 0 Å². The molecule has 44 heavy (non-hydrogen) atoms. The summed E-state index contributed by atoms with van der Waals surface area (Å²) < 4.78 is 0. The molecule has 0 unspecified atom stereocenters. The molecular weight excluding hydrogens is 556 g/mol. The highest BCUT2D eigenvalue weighted by molar-refractivity contribution is 6.08. The van der Waals surface area contributed by atoms with Gasteiger partial charge in [-0.1, -0.05) is 12.1 Å². The van der Waals surface area contributed by atoms with Gasteiger partial charge in [-0.15, -0.1) is 0 Å². The summed E-state index contributed by atoms with van der Waals surface area (Å²) in [4.78, 5) is 47.3. The summed E-state index contributed by atoms with van der Waals surface area (Å²) in [5.41, 5.74) is 4.85. The van der Waals surface area contributed by atoms with Gasteiger partial charge in [0.25, 0.3) is 11.8 Å². The van der Waals surface area contributed by atoms with Crippen LogP contribution in [0.1, 0.15) is 31.8 Å². The van der Waals surface area contributed by atoms with Crippen molar-refractivity contribution in [2.75, 3.05) is 47.4 Å². The van der Waals surface area contributed by atoms with E-state index < -0.39 is 6.03 Å². The van der Waals surface area contributed by atoms with E-state index >= 15 is 0 Å². The van der Waals surface area contributed by atoms with Crippen LogP contribution < -0.4 is 31.9 Å². The molecule has 0 saturated carbocycles. The number of hydrogen-bond donors (Lipinski definition) is 6. The molecule has 0 atom stereocenters. The second-order valence-corrected chi connectivity index (χ2v) is 10.1. The van der Waals surface area contributed by atoms with Gasteiger partial charge in [0.1, 0.15) is 11.7 Å². The molecule has 0 saturated heterocycles. The number of urea groups is 1. The minimum Gasteiger partial charge on any atom is -0.368 e. The van der Waals surface area contributed by atoms with Gasteiger partial charge in [-0.2, -0.15) is 0 Å². The molecule has 4 aromatic carbocycles. The Kier molecular flexibility index (Phi) is 8.26. The molecule has 6 N–H and O–H groups in total. The first-order valence-electron chi connectivity index (χ1n) is 14.2. The molecule has 2 heterocycles. The topological polar surface area (TPSA) is 148 Å². The van der Waals surface area contributed by atoms with Crippen LogP contribution in [0.5, 0.6) is 0 Å². The summed E-state index contributed by atoms with van der Waals surface area (Å²) in [6.45, 7) is 3.16. The number of anilines is 4. The molecule has 6 rings (SSSR count). The standard InChI is InChI=1S/C33H30N8O3/c42-31(38-25-11-7-21(8-12-25)29-34-15-16-35-29)23-3-1-5-27(19-23)40-33(44)41-28-6-2-4-24(20-28)32(43)39-26-13-9-22(10-14-26)30-36-17-18-37-30/h1-14,19-20H,15-18H2,(H,34,35)(H,36,37)(H,38,42)(H,39,43)(H2,40,41,44). The Morgan fingerprint density at radius 1 is 0.523 bits per heavy atom. The Bertz CT molecular complexity index is 1640. The van der Waals surface area contributed by atoms with E-state index in [2.05, 4.69) is 41.9 Å². The number of carbonyl (C=O) groups excluding carboxylic acids is 3. The first-order chi connectivity index (χ1) is 21.5. The lowest BCUT2D eigenvalue weighted by atomic mass is 10.1. The number of nitrogens with zero attached hydrogens (tertiary/aromatic N) is 2. The van der Waals surface area contributed by atoms with E-state index in [1.165, 1.54) is 0 Å². The monoisotopic (exact) mass is 586 g/mol. The Morgan fingerprint density at radius 2 is 0.955 bits per heavy atom. The summed E-state index contributed by atoms with van der Waals surface area (Å²) in [6, 6.07) is 27.6. The molecule has 0 spiro atoms. The lowest BCUT2D eigenvalue weighted by Crippen LogP contribution is -2.20. The minimum atomic E-state index is -0.516. The second-order valence-electron chi connectivity index (χ2n) is 10.1. The highest BCUT2D eigenvalue weighted by Crippen LogP contribution is 2.18. The van der Waals surface area contributed by atoms with Crippen molar-refractivity contribution < 1.29 is 14.4 Å². The van der Waals surface area contributed by atoms with Crippen molar-refractivity contribution in [3.8, 4) is 0 Å². The van der Waals surface area contributed by atoms with Crippen molar-refractivity contribution in [1.82, 2.24) is 10.6 Å². The maximum atomic E-state index is 12.9. The fourth-order valence-electron chi connectivity index (χ4n) is 4.78. The van der Waals surface area contributed by atoms with Gasteiger partial charge in [0.05, 0.1) is 13.1 Å². The van der Waals surface area contributed by atoms with E-state index in [1.807, 2.05) is 48.5 Å². The summed E-state index contributed by atoms with van der Waals surface area (Å²) in [7, 11) is 0. The van der Waals surface area contributed by atoms with E-state index in [0.717, 1.165) is 49.0 Å². The summed E-state index contributed by atoms with van der Waals surface area (Å²) in [6.07, 6.45) is 0. The van der Waals surface area contributed by atoms with Crippen molar-refractivity contribution in [3.05, 3.63) is 119 Å². The summed E-state index contributed by atoms with van der Waals surface area (Å²) in [5.74, 6) is 1.08. The lowest BCUT2D eigenvalue weighted by molar-refractivity contribution is 0.101. The molecule has 4 amide bonds. The van der Waals surface area contributed by atoms with Gasteiger partial charge in [-0.3, -0.25) is 19.6 Å². The number of carbonyl (C=O) groups is 3. The molecule has 2 aliphatic rings. The molecule has 4 aromatic rings. The van der Waals surface area contributed by atoms with Crippen LogP contribution in [-0.4, -0.2) is 55.7 Å². The molecular formula is C33H30N8O3. The normalized spacial score (nSPS) is 13.5. The quantitative estimate of drug-likeness (QED) is 0.179. The van der Waals surface area contributed by atoms with Crippen LogP contribution in [0.3, 0.4) is 0 Å². The van der Waals surface area contributed by atoms with Gasteiger partial charge < -0.3 is 31.9 Å². The molecule has 0 bridgehead atoms. The molecule has 11 heteroatoms. The molecule has 220 valence electrons. The largest absolute Gasteiger partial charge is 0.368 e. The SMILES string of the molecule is O=C(Nc1cccc(C(=O)Nc2ccc(C3=NCCN3)cc2)c1)Nc1cccc(C(=O)Nc2ccc(C3=NCCN3)cc2)c1. The van der Waals surface area contributed by atoms with Crippen LogP contribution >= 0.6 is 0 Å². The average molecular weight is 587 g/mol. The zero-order chi connectivity index (χ0) is 30.3. The van der Waals surface area contributed by atoms with Crippen LogP contribution in [0, 0.1) is 0 Å². The van der Waals surface area contributed by atoms with E-state index in [-0.39, 0.29) is 11.8 Å². The highest BCUT2D eigenvalue weighted by atomic mass is 16.2. The maximum Gasteiger partial charge on any atom is 0.323 e. The lowest BCUT2D eigenvalue weighted by Gasteiger charge is -2.11. The van der Waals surface area contributed by atoms with Gasteiger partial charge >= 0.3 is 6.03 Å². The van der Waals surface area contributed by atoms with Crippen molar-refractivity contribution >= 4 is 52.3 Å². The molecule has 0 aromatic heterocycles. The minimum absolute atomic E-state index is 0.310. The maximum absolute atomic E-state index is 12.9. The number of rotatable bonds is 8. The van der Waals surface area contributed by atoms with E-state index in [9.17, 15) is 14.4 Å². The van der Waals surface area contributed by atoms with Crippen LogP contribution in [0.2, 0.25) is 0 Å². The number of benzene rings is 4. The summed E-state index contributed by atoms with van der Waals surface area (Å²) in [5, 5.41) is 17.7. The van der Waals surface area contributed by atoms with E-state index in [1.54, 1.807) is 48.5 Å². The van der Waals surface area contributed by atoms with Gasteiger partial charge in [0.15, 0.2) is 0 Å². The summed E-state index contributed by atoms with van der Waals surface area (Å²) >= 11 is 0. The Hall–Kier alpha value is -5.97. The third-order valence-corrected chi connectivity index (χ3v) is 6.95. The number of amidine groups is 2. The average Bonchev–Trinajstić information content (AvgIpc) is 3.78. The zero-order valence-corrected chi connectivity index (χ0v) is 23.7. The van der Waals surface area contributed by atoms with Crippen molar-refractivity contribution in [1.29, 1.82) is 0 Å². The van der Waals surface area contributed by atoms with E-state index in [0.29, 0.717) is 33.9 Å². The molecule has 0 fully saturated rings. The zero-order valence-electron chi connectivity index (χ0n) is 23.7. The number of hydrogen-bond acceptors (Lipinski definition) is 7. The Labute approximate surface area is 253 Å². The first-order valence-corrected chi connectivity index (χ1v) is 14.2. The Balaban J connectivity index is 1.03. The number of aliphatic imine (C=N–C) groups is 2. The van der Waals surface area contributed by atoms with Crippen LogP contribution in [0.25, 0.3) is 0 Å². The van der Waals surface area contributed by atoms with Gasteiger partial charge in [0, 0.05) is 58.1 Å². The molecule has 11 nitrogen and oxygen atoms in total. The Morgan fingerprint density at radius 3 is 1.34 bits per heavy atom. The number of amides is 4. The predicted octanol–water partition coefficient (Wildman–Crippen LogP) is 4.53. The van der Waals surface area contributed by atoms with Crippen molar-refractivity contribution in [2.45, 2.75) is 0 Å². The third kappa shape index (κ3) is 6.90. The van der Waals surface area contributed by atoms with Crippen LogP contribution in [0.15, 0.2) is 107 Å². The van der Waals surface area contributed by atoms with Gasteiger partial charge in [0.2, 0.25) is 0 Å². The fraction of sp³-hybridized carbons (Fsp3) is 0.121. The van der Waals surface area contributed by atoms with Crippen LogP contribution in [0.4, 0.5) is 27.5 Å². The molecule has 0 aliphatic carbocycles. The second kappa shape index (κ2) is 12.9. The van der Waals surface area contributed by atoms with Crippen molar-refractivity contribution in [2.24, 2.45) is 9.98 Å². The van der Waals surface area contributed by atoms with Gasteiger partial charge in [-0.25, -0.2) is 4.79 Å².